The van der Waals surface area contributed by atoms with Crippen LogP contribution in [0.5, 0.6) is 0 Å². The number of nitrogens with zero attached hydrogens (tertiary/aromatic N) is 1. The number of rotatable bonds is 2. The molecule has 1 aliphatic heterocycles. The number of amides is 1. The minimum atomic E-state index is 0.165. The summed E-state index contributed by atoms with van der Waals surface area (Å²) in [6, 6.07) is 18.8. The molecule has 0 spiro atoms. The molecule has 2 heteroatoms. The minimum absolute atomic E-state index is 0.165. The Labute approximate surface area is 107 Å². The van der Waals surface area contributed by atoms with Crippen molar-refractivity contribution >= 4 is 6.41 Å². The van der Waals surface area contributed by atoms with E-state index in [2.05, 4.69) is 30.3 Å². The summed E-state index contributed by atoms with van der Waals surface area (Å²) in [6.45, 7) is 0.708. The zero-order valence-corrected chi connectivity index (χ0v) is 10.1. The van der Waals surface area contributed by atoms with Crippen molar-refractivity contribution in [1.29, 1.82) is 0 Å². The molecule has 3 rings (SSSR count). The smallest absolute Gasteiger partial charge is 0.210 e. The van der Waals surface area contributed by atoms with Crippen LogP contribution in [0.25, 0.3) is 0 Å². The van der Waals surface area contributed by atoms with Gasteiger partial charge >= 0.3 is 0 Å². The van der Waals surface area contributed by atoms with Crippen LogP contribution in [-0.2, 0) is 17.8 Å². The van der Waals surface area contributed by atoms with Gasteiger partial charge in [-0.15, -0.1) is 0 Å². The number of hydrogen-bond acceptors (Lipinski definition) is 1. The third-order valence-corrected chi connectivity index (χ3v) is 3.60. The molecule has 0 saturated heterocycles. The van der Waals surface area contributed by atoms with Crippen molar-refractivity contribution < 1.29 is 4.79 Å². The van der Waals surface area contributed by atoms with E-state index in [1.807, 2.05) is 29.2 Å². The molecule has 2 aromatic rings. The monoisotopic (exact) mass is 237 g/mol. The molecule has 1 aliphatic rings. The highest BCUT2D eigenvalue weighted by Crippen LogP contribution is 2.31. The second-order valence-electron chi connectivity index (χ2n) is 4.68. The second kappa shape index (κ2) is 4.65. The van der Waals surface area contributed by atoms with E-state index in [-0.39, 0.29) is 6.04 Å². The van der Waals surface area contributed by atoms with Crippen LogP contribution in [0.1, 0.15) is 22.7 Å². The van der Waals surface area contributed by atoms with Gasteiger partial charge in [-0.05, 0) is 23.1 Å². The van der Waals surface area contributed by atoms with Gasteiger partial charge in [-0.25, -0.2) is 0 Å². The molecular weight excluding hydrogens is 222 g/mol. The molecule has 2 aromatic carbocycles. The summed E-state index contributed by atoms with van der Waals surface area (Å²) >= 11 is 0. The lowest BCUT2D eigenvalue weighted by atomic mass is 9.90. The summed E-state index contributed by atoms with van der Waals surface area (Å²) < 4.78 is 0. The lowest BCUT2D eigenvalue weighted by molar-refractivity contribution is -0.121. The van der Waals surface area contributed by atoms with Crippen LogP contribution in [0, 0.1) is 0 Å². The van der Waals surface area contributed by atoms with Gasteiger partial charge in [0.05, 0.1) is 6.04 Å². The van der Waals surface area contributed by atoms with Crippen LogP contribution in [-0.4, -0.2) is 11.3 Å². The fraction of sp³-hybridized carbons (Fsp3) is 0.188. The molecule has 1 unspecified atom stereocenters. The van der Waals surface area contributed by atoms with Gasteiger partial charge in [-0.3, -0.25) is 4.79 Å². The Kier molecular flexibility index (Phi) is 2.85. The van der Waals surface area contributed by atoms with E-state index in [1.54, 1.807) is 0 Å². The minimum Gasteiger partial charge on any atom is -0.334 e. The summed E-state index contributed by atoms with van der Waals surface area (Å²) in [7, 11) is 0. The molecule has 2 nitrogen and oxygen atoms in total. The SMILES string of the molecule is O=CN1Cc2ccccc2CC1c1ccccc1. The van der Waals surface area contributed by atoms with Crippen LogP contribution in [0.15, 0.2) is 54.6 Å². The number of fused-ring (bicyclic) bond motifs is 1. The molecule has 0 aromatic heterocycles. The van der Waals surface area contributed by atoms with E-state index in [4.69, 9.17) is 0 Å². The number of benzene rings is 2. The molecule has 0 radical (unpaired) electrons. The highest BCUT2D eigenvalue weighted by Gasteiger charge is 2.25. The summed E-state index contributed by atoms with van der Waals surface area (Å²) in [5.41, 5.74) is 3.82. The molecule has 0 saturated carbocycles. The quantitative estimate of drug-likeness (QED) is 0.735. The van der Waals surface area contributed by atoms with Gasteiger partial charge in [0.1, 0.15) is 0 Å². The fourth-order valence-electron chi connectivity index (χ4n) is 2.64. The molecule has 0 N–H and O–H groups in total. The Hall–Kier alpha value is -2.09. The van der Waals surface area contributed by atoms with Crippen molar-refractivity contribution in [2.75, 3.05) is 0 Å². The lowest BCUT2D eigenvalue weighted by Crippen LogP contribution is -2.33. The van der Waals surface area contributed by atoms with E-state index in [1.165, 1.54) is 16.7 Å². The Morgan fingerprint density at radius 1 is 0.944 bits per heavy atom. The summed E-state index contributed by atoms with van der Waals surface area (Å²) in [6.07, 6.45) is 1.87. The zero-order valence-electron chi connectivity index (χ0n) is 10.1. The van der Waals surface area contributed by atoms with Crippen molar-refractivity contribution in [2.45, 2.75) is 19.0 Å². The lowest BCUT2D eigenvalue weighted by Gasteiger charge is -2.34. The van der Waals surface area contributed by atoms with E-state index in [9.17, 15) is 4.79 Å². The van der Waals surface area contributed by atoms with Gasteiger partial charge < -0.3 is 4.90 Å². The standard InChI is InChI=1S/C16H15NO/c18-12-17-11-15-9-5-4-8-14(15)10-16(17)13-6-2-1-3-7-13/h1-9,12,16H,10-11H2. The average Bonchev–Trinajstić information content (AvgIpc) is 2.46. The first kappa shape index (κ1) is 11.0. The van der Waals surface area contributed by atoms with E-state index >= 15 is 0 Å². The maximum absolute atomic E-state index is 11.3. The van der Waals surface area contributed by atoms with E-state index < -0.39 is 0 Å². The van der Waals surface area contributed by atoms with Crippen molar-refractivity contribution in [3.05, 3.63) is 71.3 Å². The average molecular weight is 237 g/mol. The Balaban J connectivity index is 1.98. The third kappa shape index (κ3) is 1.90. The zero-order chi connectivity index (χ0) is 12.4. The maximum Gasteiger partial charge on any atom is 0.210 e. The number of carbonyl (C=O) groups excluding carboxylic acids is 1. The van der Waals surface area contributed by atoms with Gasteiger partial charge in [-0.2, -0.15) is 0 Å². The molecule has 0 fully saturated rings. The molecule has 0 aliphatic carbocycles. The molecule has 1 atom stereocenters. The van der Waals surface area contributed by atoms with Gasteiger partial charge in [0.2, 0.25) is 6.41 Å². The van der Waals surface area contributed by atoms with Crippen molar-refractivity contribution in [2.24, 2.45) is 0 Å². The predicted molar refractivity (Wildman–Crippen MR) is 70.9 cm³/mol. The van der Waals surface area contributed by atoms with Crippen LogP contribution in [0.4, 0.5) is 0 Å². The van der Waals surface area contributed by atoms with Gasteiger partial charge in [0.15, 0.2) is 0 Å². The Morgan fingerprint density at radius 2 is 1.61 bits per heavy atom. The first-order valence-electron chi connectivity index (χ1n) is 6.21. The summed E-state index contributed by atoms with van der Waals surface area (Å²) in [4.78, 5) is 13.2. The van der Waals surface area contributed by atoms with Gasteiger partial charge in [0.25, 0.3) is 0 Å². The van der Waals surface area contributed by atoms with Crippen molar-refractivity contribution in [1.82, 2.24) is 4.90 Å². The first-order valence-corrected chi connectivity index (χ1v) is 6.21. The molecular formula is C16H15NO. The van der Waals surface area contributed by atoms with E-state index in [0.717, 1.165) is 12.8 Å². The van der Waals surface area contributed by atoms with E-state index in [0.29, 0.717) is 6.54 Å². The maximum atomic E-state index is 11.3. The van der Waals surface area contributed by atoms with Crippen LogP contribution in [0.3, 0.4) is 0 Å². The van der Waals surface area contributed by atoms with Crippen LogP contribution in [0.2, 0.25) is 0 Å². The molecule has 1 heterocycles. The van der Waals surface area contributed by atoms with Crippen LogP contribution < -0.4 is 0 Å². The molecule has 90 valence electrons. The van der Waals surface area contributed by atoms with Gasteiger partial charge in [0, 0.05) is 6.54 Å². The van der Waals surface area contributed by atoms with Gasteiger partial charge in [-0.1, -0.05) is 54.6 Å². The Morgan fingerprint density at radius 3 is 2.33 bits per heavy atom. The largest absolute Gasteiger partial charge is 0.334 e. The van der Waals surface area contributed by atoms with Crippen molar-refractivity contribution in [3.8, 4) is 0 Å². The highest BCUT2D eigenvalue weighted by molar-refractivity contribution is 5.51. The highest BCUT2D eigenvalue weighted by atomic mass is 16.1. The Bertz CT molecular complexity index is 550. The fourth-order valence-corrected chi connectivity index (χ4v) is 2.64. The topological polar surface area (TPSA) is 20.3 Å². The normalized spacial score (nSPS) is 18.2. The van der Waals surface area contributed by atoms with Crippen LogP contribution >= 0.6 is 0 Å². The van der Waals surface area contributed by atoms with Crippen molar-refractivity contribution in [3.63, 3.8) is 0 Å². The molecule has 0 bridgehead atoms. The number of carbonyl (C=O) groups is 1. The number of hydrogen-bond donors (Lipinski definition) is 0. The second-order valence-corrected chi connectivity index (χ2v) is 4.68. The summed E-state index contributed by atoms with van der Waals surface area (Å²) in [5.74, 6) is 0. The molecule has 1 amide bonds. The predicted octanol–water partition coefficient (Wildman–Crippen LogP) is 2.94. The molecule has 18 heavy (non-hydrogen) atoms. The summed E-state index contributed by atoms with van der Waals surface area (Å²) in [5, 5.41) is 0. The third-order valence-electron chi connectivity index (χ3n) is 3.60. The first-order chi connectivity index (χ1) is 8.88.